The lowest BCUT2D eigenvalue weighted by Gasteiger charge is -2.33. The van der Waals surface area contributed by atoms with Crippen LogP contribution in [0.1, 0.15) is 37.3 Å². The summed E-state index contributed by atoms with van der Waals surface area (Å²) in [6.07, 6.45) is 1.10. The fourth-order valence-corrected chi connectivity index (χ4v) is 3.14. The van der Waals surface area contributed by atoms with Gasteiger partial charge in [-0.15, -0.1) is 0 Å². The molecule has 0 bridgehead atoms. The molecule has 1 N–H and O–H groups in total. The van der Waals surface area contributed by atoms with Gasteiger partial charge in [-0.1, -0.05) is 50.2 Å². The molecule has 0 saturated carbocycles. The van der Waals surface area contributed by atoms with Crippen LogP contribution < -0.4 is 10.1 Å². The molecular weight excluding hydrogens is 246 g/mol. The van der Waals surface area contributed by atoms with Gasteiger partial charge in [0.25, 0.3) is 0 Å². The lowest BCUT2D eigenvalue weighted by atomic mass is 9.81. The van der Waals surface area contributed by atoms with Crippen LogP contribution in [0.4, 0.5) is 0 Å². The summed E-state index contributed by atoms with van der Waals surface area (Å²) in [6.45, 7) is 5.40. The zero-order valence-corrected chi connectivity index (χ0v) is 12.1. The van der Waals surface area contributed by atoms with Crippen molar-refractivity contribution in [1.82, 2.24) is 5.32 Å². The number of likely N-dealkylation sites (N-methyl/N-ethyl adjacent to an activating group) is 1. The van der Waals surface area contributed by atoms with E-state index in [1.165, 1.54) is 11.1 Å². The Bertz CT molecular complexity index is 548. The molecule has 2 aromatic rings. The molecule has 2 heteroatoms. The van der Waals surface area contributed by atoms with E-state index in [1.54, 1.807) is 0 Å². The minimum atomic E-state index is 0.362. The van der Waals surface area contributed by atoms with Crippen LogP contribution in [0.5, 0.6) is 11.5 Å². The van der Waals surface area contributed by atoms with Gasteiger partial charge < -0.3 is 10.1 Å². The first-order valence-electron chi connectivity index (χ1n) is 7.44. The Hall–Kier alpha value is -1.80. The first kappa shape index (κ1) is 13.2. The van der Waals surface area contributed by atoms with Gasteiger partial charge in [0.2, 0.25) is 0 Å². The third-order valence-electron chi connectivity index (χ3n) is 4.04. The second-order valence-electron chi connectivity index (χ2n) is 5.23. The number of fused-ring (bicyclic) bond motifs is 2. The number of ether oxygens (including phenoxy) is 1. The summed E-state index contributed by atoms with van der Waals surface area (Å²) in [5.41, 5.74) is 2.58. The average molecular weight is 267 g/mol. The average Bonchev–Trinajstić information content (AvgIpc) is 2.50. The second kappa shape index (κ2) is 5.68. The van der Waals surface area contributed by atoms with Gasteiger partial charge in [-0.05, 0) is 25.1 Å². The molecule has 3 rings (SSSR count). The van der Waals surface area contributed by atoms with E-state index in [0.29, 0.717) is 12.0 Å². The van der Waals surface area contributed by atoms with E-state index in [2.05, 4.69) is 55.6 Å². The van der Waals surface area contributed by atoms with Crippen molar-refractivity contribution < 1.29 is 4.74 Å². The number of hydrogen-bond acceptors (Lipinski definition) is 2. The molecule has 1 aliphatic rings. The zero-order valence-electron chi connectivity index (χ0n) is 12.1. The predicted molar refractivity (Wildman–Crippen MR) is 82.6 cm³/mol. The van der Waals surface area contributed by atoms with E-state index in [-0.39, 0.29) is 0 Å². The van der Waals surface area contributed by atoms with E-state index in [1.807, 2.05) is 12.1 Å². The fourth-order valence-electron chi connectivity index (χ4n) is 3.14. The molecular formula is C18H21NO. The number of hydrogen-bond donors (Lipinski definition) is 1. The molecule has 0 fully saturated rings. The van der Waals surface area contributed by atoms with Crippen LogP contribution in [0.2, 0.25) is 0 Å². The van der Waals surface area contributed by atoms with E-state index in [4.69, 9.17) is 4.74 Å². The summed E-state index contributed by atoms with van der Waals surface area (Å²) >= 11 is 0. The fraction of sp³-hybridized carbons (Fsp3) is 0.333. The molecule has 0 aromatic heterocycles. The van der Waals surface area contributed by atoms with Crippen LogP contribution in [0.3, 0.4) is 0 Å². The molecule has 0 amide bonds. The predicted octanol–water partition coefficient (Wildman–Crippen LogP) is 4.31. The number of nitrogens with one attached hydrogen (secondary N) is 1. The first-order valence-corrected chi connectivity index (χ1v) is 7.44. The Morgan fingerprint density at radius 2 is 1.50 bits per heavy atom. The van der Waals surface area contributed by atoms with Crippen molar-refractivity contribution in [3.8, 4) is 11.5 Å². The molecule has 1 unspecified atom stereocenters. The monoisotopic (exact) mass is 267 g/mol. The highest BCUT2D eigenvalue weighted by Gasteiger charge is 2.31. The lowest BCUT2D eigenvalue weighted by Crippen LogP contribution is -2.36. The Labute approximate surface area is 120 Å². The number of para-hydroxylation sites is 2. The number of benzene rings is 2. The molecule has 0 saturated heterocycles. The van der Waals surface area contributed by atoms with Gasteiger partial charge in [0.05, 0.1) is 0 Å². The van der Waals surface area contributed by atoms with Gasteiger partial charge in [-0.3, -0.25) is 0 Å². The highest BCUT2D eigenvalue weighted by Crippen LogP contribution is 2.45. The van der Waals surface area contributed by atoms with Gasteiger partial charge in [-0.25, -0.2) is 0 Å². The van der Waals surface area contributed by atoms with Crippen LogP contribution in [0.15, 0.2) is 48.5 Å². The molecule has 1 aliphatic heterocycles. The lowest BCUT2D eigenvalue weighted by molar-refractivity contribution is 0.399. The maximum absolute atomic E-state index is 6.05. The van der Waals surface area contributed by atoms with Crippen molar-refractivity contribution in [3.63, 3.8) is 0 Å². The summed E-state index contributed by atoms with van der Waals surface area (Å²) < 4.78 is 6.05. The van der Waals surface area contributed by atoms with E-state index in [0.717, 1.165) is 24.5 Å². The minimum absolute atomic E-state index is 0.362. The van der Waals surface area contributed by atoms with Crippen molar-refractivity contribution in [2.75, 3.05) is 6.54 Å². The zero-order chi connectivity index (χ0) is 13.9. The Morgan fingerprint density at radius 1 is 0.950 bits per heavy atom. The third-order valence-corrected chi connectivity index (χ3v) is 4.04. The van der Waals surface area contributed by atoms with Crippen LogP contribution in [0, 0.1) is 0 Å². The Kier molecular flexibility index (Phi) is 3.75. The maximum atomic E-state index is 6.05. The topological polar surface area (TPSA) is 21.3 Å². The van der Waals surface area contributed by atoms with Crippen molar-refractivity contribution in [2.45, 2.75) is 32.2 Å². The minimum Gasteiger partial charge on any atom is -0.457 e. The number of rotatable bonds is 4. The quantitative estimate of drug-likeness (QED) is 0.891. The van der Waals surface area contributed by atoms with Crippen LogP contribution in [0.25, 0.3) is 0 Å². The van der Waals surface area contributed by atoms with Crippen molar-refractivity contribution in [3.05, 3.63) is 59.7 Å². The maximum Gasteiger partial charge on any atom is 0.131 e. The summed E-state index contributed by atoms with van der Waals surface area (Å²) in [6, 6.07) is 17.2. The van der Waals surface area contributed by atoms with Crippen molar-refractivity contribution in [1.29, 1.82) is 0 Å². The molecule has 0 aliphatic carbocycles. The molecule has 2 nitrogen and oxygen atoms in total. The summed E-state index contributed by atoms with van der Waals surface area (Å²) in [7, 11) is 0. The van der Waals surface area contributed by atoms with Crippen molar-refractivity contribution >= 4 is 0 Å². The van der Waals surface area contributed by atoms with E-state index >= 15 is 0 Å². The van der Waals surface area contributed by atoms with Crippen LogP contribution in [-0.2, 0) is 0 Å². The van der Waals surface area contributed by atoms with Gasteiger partial charge in [-0.2, -0.15) is 0 Å². The summed E-state index contributed by atoms with van der Waals surface area (Å²) in [4.78, 5) is 0. The molecule has 104 valence electrons. The SMILES string of the molecule is CCNC(CC)C1c2ccccc2Oc2ccccc21. The summed E-state index contributed by atoms with van der Waals surface area (Å²) in [5.74, 6) is 2.35. The molecule has 1 heterocycles. The summed E-state index contributed by atoms with van der Waals surface area (Å²) in [5, 5.41) is 3.63. The molecule has 0 spiro atoms. The van der Waals surface area contributed by atoms with E-state index in [9.17, 15) is 0 Å². The molecule has 1 atom stereocenters. The largest absolute Gasteiger partial charge is 0.457 e. The Balaban J connectivity index is 2.11. The van der Waals surface area contributed by atoms with Gasteiger partial charge in [0.1, 0.15) is 11.5 Å². The third kappa shape index (κ3) is 2.20. The first-order chi connectivity index (χ1) is 9.85. The highest BCUT2D eigenvalue weighted by molar-refractivity contribution is 5.54. The molecule has 0 radical (unpaired) electrons. The molecule has 2 aromatic carbocycles. The normalized spacial score (nSPS) is 15.1. The van der Waals surface area contributed by atoms with Gasteiger partial charge in [0, 0.05) is 23.1 Å². The smallest absolute Gasteiger partial charge is 0.131 e. The van der Waals surface area contributed by atoms with Crippen LogP contribution >= 0.6 is 0 Å². The van der Waals surface area contributed by atoms with Crippen LogP contribution in [-0.4, -0.2) is 12.6 Å². The second-order valence-corrected chi connectivity index (χ2v) is 5.23. The van der Waals surface area contributed by atoms with Gasteiger partial charge >= 0.3 is 0 Å². The highest BCUT2D eigenvalue weighted by atomic mass is 16.5. The van der Waals surface area contributed by atoms with E-state index < -0.39 is 0 Å². The molecule has 20 heavy (non-hydrogen) atoms. The van der Waals surface area contributed by atoms with Crippen molar-refractivity contribution in [2.24, 2.45) is 0 Å². The Morgan fingerprint density at radius 3 is 2.00 bits per heavy atom. The van der Waals surface area contributed by atoms with Gasteiger partial charge in [0.15, 0.2) is 0 Å². The standard InChI is InChI=1S/C18H21NO/c1-3-15(19-4-2)18-13-9-5-7-11-16(13)20-17-12-8-6-10-14(17)18/h5-12,15,18-19H,3-4H2,1-2H3.